The standard InChI is InChI=1S/C46H28N4OS/c1-46(2)32-17-8-5-12-26(32)27-22-21-25(24-33(27)46)39-43-40(30-15-6-9-19-35(30)51-43)49-45(48-39)50-34-18-11-23-47-41(34)38-29-14-4-3-13-28(29)37-31-16-7-10-20-36(31)52-44(37)42(38)50/h3-24H,1-2H3. The van der Waals surface area contributed by atoms with Crippen LogP contribution in [0, 0.1) is 0 Å². The SMILES string of the molecule is CC1(C)c2ccccc2-c2ccc(-c3nc(-n4c5cccnc5c5c6ccccc6c6c7ccccc7sc6c54)nc4c3oc3ccccc34)cc21. The van der Waals surface area contributed by atoms with Crippen molar-refractivity contribution < 1.29 is 4.42 Å². The number of nitrogens with zero attached hydrogens (tertiary/aromatic N) is 4. The molecule has 0 unspecified atom stereocenters. The van der Waals surface area contributed by atoms with Crippen molar-refractivity contribution in [3.63, 3.8) is 0 Å². The van der Waals surface area contributed by atoms with Crippen molar-refractivity contribution in [1.29, 1.82) is 0 Å². The number of pyridine rings is 1. The van der Waals surface area contributed by atoms with Gasteiger partial charge in [0.15, 0.2) is 5.58 Å². The van der Waals surface area contributed by atoms with E-state index in [2.05, 4.69) is 122 Å². The van der Waals surface area contributed by atoms with Gasteiger partial charge in [-0.25, -0.2) is 9.97 Å². The van der Waals surface area contributed by atoms with Gasteiger partial charge in [0.1, 0.15) is 16.8 Å². The zero-order valence-electron chi connectivity index (χ0n) is 28.3. The molecule has 0 radical (unpaired) electrons. The van der Waals surface area contributed by atoms with Crippen LogP contribution in [0.5, 0.6) is 0 Å². The van der Waals surface area contributed by atoms with Crippen LogP contribution >= 0.6 is 11.3 Å². The lowest BCUT2D eigenvalue weighted by atomic mass is 9.82. The van der Waals surface area contributed by atoms with Crippen LogP contribution in [0.3, 0.4) is 0 Å². The second-order valence-electron chi connectivity index (χ2n) is 14.4. The average Bonchev–Trinajstić information content (AvgIpc) is 3.92. The van der Waals surface area contributed by atoms with Crippen molar-refractivity contribution in [2.24, 2.45) is 0 Å². The van der Waals surface area contributed by atoms with Gasteiger partial charge in [-0.15, -0.1) is 11.3 Å². The molecule has 0 atom stereocenters. The summed E-state index contributed by atoms with van der Waals surface area (Å²) in [5, 5.41) is 6.99. The van der Waals surface area contributed by atoms with E-state index in [4.69, 9.17) is 19.4 Å². The van der Waals surface area contributed by atoms with Crippen molar-refractivity contribution in [2.75, 3.05) is 0 Å². The van der Waals surface area contributed by atoms with Crippen LogP contribution in [0.2, 0.25) is 0 Å². The molecule has 1 aliphatic rings. The molecule has 0 amide bonds. The lowest BCUT2D eigenvalue weighted by Crippen LogP contribution is -2.15. The van der Waals surface area contributed by atoms with Crippen LogP contribution < -0.4 is 0 Å². The monoisotopic (exact) mass is 684 g/mol. The van der Waals surface area contributed by atoms with Gasteiger partial charge >= 0.3 is 0 Å². The van der Waals surface area contributed by atoms with Crippen molar-refractivity contribution in [3.05, 3.63) is 145 Å². The van der Waals surface area contributed by atoms with Gasteiger partial charge in [-0.05, 0) is 69.4 Å². The number of para-hydroxylation sites is 1. The van der Waals surface area contributed by atoms with Gasteiger partial charge in [0.25, 0.3) is 0 Å². The minimum Gasteiger partial charge on any atom is -0.452 e. The van der Waals surface area contributed by atoms with E-state index in [1.807, 2.05) is 41.8 Å². The first-order valence-corrected chi connectivity index (χ1v) is 18.4. The smallest absolute Gasteiger partial charge is 0.236 e. The lowest BCUT2D eigenvalue weighted by Gasteiger charge is -2.22. The van der Waals surface area contributed by atoms with Crippen LogP contribution in [0.25, 0.3) is 103 Å². The number of aromatic nitrogens is 4. The molecule has 11 aromatic rings. The number of rotatable bonds is 2. The minimum atomic E-state index is -0.156. The first-order chi connectivity index (χ1) is 25.6. The number of hydrogen-bond acceptors (Lipinski definition) is 5. The molecule has 52 heavy (non-hydrogen) atoms. The summed E-state index contributed by atoms with van der Waals surface area (Å²) in [4.78, 5) is 15.9. The maximum absolute atomic E-state index is 6.64. The topological polar surface area (TPSA) is 56.7 Å². The molecular weight excluding hydrogens is 657 g/mol. The normalized spacial score (nSPS) is 13.7. The van der Waals surface area contributed by atoms with Gasteiger partial charge in [0.2, 0.25) is 5.95 Å². The zero-order valence-corrected chi connectivity index (χ0v) is 29.1. The van der Waals surface area contributed by atoms with Crippen LogP contribution in [-0.2, 0) is 5.41 Å². The fraction of sp³-hybridized carbons (Fsp3) is 0.0652. The first-order valence-electron chi connectivity index (χ1n) is 17.6. The van der Waals surface area contributed by atoms with Gasteiger partial charge in [0.05, 0.1) is 21.3 Å². The van der Waals surface area contributed by atoms with E-state index in [9.17, 15) is 0 Å². The Hall–Kier alpha value is -6.37. The summed E-state index contributed by atoms with van der Waals surface area (Å²) in [6.07, 6.45) is 1.89. The fourth-order valence-electron chi connectivity index (χ4n) is 8.92. The third kappa shape index (κ3) is 3.54. The van der Waals surface area contributed by atoms with Crippen molar-refractivity contribution in [3.8, 4) is 28.3 Å². The molecule has 0 fully saturated rings. The highest BCUT2D eigenvalue weighted by Gasteiger charge is 2.36. The van der Waals surface area contributed by atoms with E-state index in [1.54, 1.807) is 0 Å². The average molecular weight is 685 g/mol. The van der Waals surface area contributed by atoms with Crippen LogP contribution in [-0.4, -0.2) is 19.5 Å². The molecule has 0 bridgehead atoms. The second-order valence-corrected chi connectivity index (χ2v) is 15.4. The maximum atomic E-state index is 6.64. The largest absolute Gasteiger partial charge is 0.452 e. The summed E-state index contributed by atoms with van der Waals surface area (Å²) in [7, 11) is 0. The third-order valence-corrected chi connectivity index (χ3v) is 12.4. The van der Waals surface area contributed by atoms with E-state index >= 15 is 0 Å². The molecule has 6 heteroatoms. The highest BCUT2D eigenvalue weighted by molar-refractivity contribution is 7.27. The number of benzene rings is 6. The molecule has 5 heterocycles. The molecule has 0 aliphatic heterocycles. The molecule has 0 N–H and O–H groups in total. The Morgan fingerprint density at radius 2 is 1.37 bits per heavy atom. The summed E-state index contributed by atoms with van der Waals surface area (Å²) in [5.74, 6) is 0.596. The second kappa shape index (κ2) is 9.90. The van der Waals surface area contributed by atoms with E-state index in [-0.39, 0.29) is 5.41 Å². The zero-order chi connectivity index (χ0) is 34.3. The Bertz CT molecular complexity index is 3350. The molecule has 0 saturated heterocycles. The maximum Gasteiger partial charge on any atom is 0.236 e. The van der Waals surface area contributed by atoms with Gasteiger partial charge in [-0.2, -0.15) is 0 Å². The Morgan fingerprint density at radius 1 is 0.635 bits per heavy atom. The summed E-state index contributed by atoms with van der Waals surface area (Å²) in [6.45, 7) is 4.63. The highest BCUT2D eigenvalue weighted by atomic mass is 32.1. The Kier molecular flexibility index (Phi) is 5.40. The number of fused-ring (bicyclic) bond motifs is 16. The number of furan rings is 1. The number of hydrogen-bond donors (Lipinski definition) is 0. The summed E-state index contributed by atoms with van der Waals surface area (Å²) in [6, 6.07) is 45.3. The number of thiophene rings is 1. The molecule has 244 valence electrons. The third-order valence-electron chi connectivity index (χ3n) is 11.3. The first kappa shape index (κ1) is 28.3. The predicted octanol–water partition coefficient (Wildman–Crippen LogP) is 12.4. The quantitative estimate of drug-likeness (QED) is 0.182. The van der Waals surface area contributed by atoms with Crippen LogP contribution in [0.1, 0.15) is 25.0 Å². The van der Waals surface area contributed by atoms with Gasteiger partial charge in [-0.3, -0.25) is 9.55 Å². The molecule has 1 aliphatic carbocycles. The van der Waals surface area contributed by atoms with E-state index in [1.165, 1.54) is 53.2 Å². The van der Waals surface area contributed by atoms with Crippen molar-refractivity contribution >= 4 is 86.3 Å². The molecule has 6 aromatic carbocycles. The molecule has 0 spiro atoms. The summed E-state index contributed by atoms with van der Waals surface area (Å²) >= 11 is 1.82. The molecular formula is C46H28N4OS. The van der Waals surface area contributed by atoms with Crippen LogP contribution in [0.15, 0.2) is 138 Å². The van der Waals surface area contributed by atoms with Gasteiger partial charge in [-0.1, -0.05) is 105 Å². The van der Waals surface area contributed by atoms with Crippen LogP contribution in [0.4, 0.5) is 0 Å². The Balaban J connectivity index is 1.24. The molecule has 5 aromatic heterocycles. The molecule has 5 nitrogen and oxygen atoms in total. The predicted molar refractivity (Wildman–Crippen MR) is 215 cm³/mol. The highest BCUT2D eigenvalue weighted by Crippen LogP contribution is 2.51. The summed E-state index contributed by atoms with van der Waals surface area (Å²) < 4.78 is 11.3. The van der Waals surface area contributed by atoms with E-state index in [0.717, 1.165) is 49.7 Å². The van der Waals surface area contributed by atoms with E-state index in [0.29, 0.717) is 11.5 Å². The minimum absolute atomic E-state index is 0.156. The van der Waals surface area contributed by atoms with Gasteiger partial charge in [0, 0.05) is 43.4 Å². The van der Waals surface area contributed by atoms with Crippen molar-refractivity contribution in [1.82, 2.24) is 19.5 Å². The fourth-order valence-corrected chi connectivity index (χ4v) is 10.2. The summed E-state index contributed by atoms with van der Waals surface area (Å²) in [5.41, 5.74) is 12.1. The lowest BCUT2D eigenvalue weighted by molar-refractivity contribution is 0.659. The Morgan fingerprint density at radius 3 is 2.25 bits per heavy atom. The molecule has 12 rings (SSSR count). The van der Waals surface area contributed by atoms with E-state index < -0.39 is 0 Å². The molecule has 0 saturated carbocycles. The van der Waals surface area contributed by atoms with Crippen molar-refractivity contribution in [2.45, 2.75) is 19.3 Å². The Labute approximate surface area is 301 Å². The van der Waals surface area contributed by atoms with Gasteiger partial charge < -0.3 is 4.42 Å².